The van der Waals surface area contributed by atoms with Crippen molar-refractivity contribution in [2.75, 3.05) is 26.0 Å². The lowest BCUT2D eigenvalue weighted by atomic mass is 9.76. The van der Waals surface area contributed by atoms with Crippen LogP contribution in [0.15, 0.2) is 41.3 Å². The topological polar surface area (TPSA) is 122 Å². The van der Waals surface area contributed by atoms with E-state index in [0.29, 0.717) is 23.7 Å². The number of nitrogens with one attached hydrogen (secondary N) is 1. The number of rotatable bonds is 12. The van der Waals surface area contributed by atoms with Gasteiger partial charge in [0.2, 0.25) is 0 Å². The second-order valence-electron chi connectivity index (χ2n) is 8.86. The summed E-state index contributed by atoms with van der Waals surface area (Å²) < 4.78 is 28.6. The van der Waals surface area contributed by atoms with Gasteiger partial charge in [-0.05, 0) is 74.0 Å². The predicted molar refractivity (Wildman–Crippen MR) is 130 cm³/mol. The minimum Gasteiger partial charge on any atom is -0.504 e. The molecule has 0 aliphatic heterocycles. The molecule has 0 radical (unpaired) electrons. The first-order chi connectivity index (χ1) is 15.8. The summed E-state index contributed by atoms with van der Waals surface area (Å²) in [6.07, 6.45) is 8.19. The van der Waals surface area contributed by atoms with Crippen molar-refractivity contribution >= 4 is 9.84 Å². The average Bonchev–Trinajstić information content (AvgIpc) is 2.78. The molecule has 2 aromatic rings. The van der Waals surface area contributed by atoms with Crippen molar-refractivity contribution in [1.29, 1.82) is 0 Å². The lowest BCUT2D eigenvalue weighted by molar-refractivity contribution is 0.313. The first-order valence-electron chi connectivity index (χ1n) is 11.7. The van der Waals surface area contributed by atoms with Crippen molar-refractivity contribution in [3.8, 4) is 17.2 Å². The molecule has 33 heavy (non-hydrogen) atoms. The van der Waals surface area contributed by atoms with E-state index in [1.54, 1.807) is 30.3 Å². The Morgan fingerprint density at radius 3 is 2.48 bits per heavy atom. The van der Waals surface area contributed by atoms with Gasteiger partial charge in [0.25, 0.3) is 0 Å². The van der Waals surface area contributed by atoms with E-state index < -0.39 is 9.84 Å². The maximum absolute atomic E-state index is 11.5. The highest BCUT2D eigenvalue weighted by molar-refractivity contribution is 7.90. The van der Waals surface area contributed by atoms with Crippen LogP contribution >= 0.6 is 0 Å². The third kappa shape index (κ3) is 7.09. The number of nitrogens with two attached hydrogens (primary N) is 1. The van der Waals surface area contributed by atoms with Crippen LogP contribution in [0.25, 0.3) is 0 Å². The van der Waals surface area contributed by atoms with Crippen molar-refractivity contribution in [2.45, 2.75) is 61.8 Å². The Morgan fingerprint density at radius 1 is 1.03 bits per heavy atom. The summed E-state index contributed by atoms with van der Waals surface area (Å²) in [6, 6.07) is 10.1. The van der Waals surface area contributed by atoms with Crippen LogP contribution in [-0.4, -0.2) is 50.6 Å². The summed E-state index contributed by atoms with van der Waals surface area (Å²) >= 11 is 0. The third-order valence-corrected chi connectivity index (χ3v) is 7.49. The maximum Gasteiger partial charge on any atom is 0.175 e. The molecule has 0 fully saturated rings. The Morgan fingerprint density at radius 2 is 1.76 bits per heavy atom. The Hall–Kier alpha value is -2.29. The van der Waals surface area contributed by atoms with Gasteiger partial charge in [0.1, 0.15) is 12.4 Å². The second-order valence-corrected chi connectivity index (χ2v) is 10.9. The number of benzene rings is 2. The Bertz CT molecular complexity index is 1010. The predicted octanol–water partition coefficient (Wildman–Crippen LogP) is 3.48. The largest absolute Gasteiger partial charge is 0.504 e. The molecule has 8 heteroatoms. The summed E-state index contributed by atoms with van der Waals surface area (Å²) in [5.74, 6) is 0.869. The molecule has 0 saturated carbocycles. The smallest absolute Gasteiger partial charge is 0.175 e. The number of unbranched alkanes of at least 4 members (excludes halogenated alkanes) is 3. The molecule has 0 bridgehead atoms. The number of phenols is 2. The lowest BCUT2D eigenvalue weighted by Crippen LogP contribution is -2.33. The number of phenolic OH excluding ortho intramolecular Hbond substituents is 2. The highest BCUT2D eigenvalue weighted by atomic mass is 32.2. The van der Waals surface area contributed by atoms with Gasteiger partial charge < -0.3 is 26.0 Å². The molecular weight excluding hydrogens is 440 g/mol. The monoisotopic (exact) mass is 476 g/mol. The van der Waals surface area contributed by atoms with E-state index in [0.717, 1.165) is 62.7 Å². The van der Waals surface area contributed by atoms with E-state index in [1.165, 1.54) is 6.26 Å². The van der Waals surface area contributed by atoms with E-state index in [2.05, 4.69) is 5.32 Å². The van der Waals surface area contributed by atoms with Crippen LogP contribution < -0.4 is 15.8 Å². The molecule has 2 unspecified atom stereocenters. The van der Waals surface area contributed by atoms with Crippen molar-refractivity contribution in [1.82, 2.24) is 5.32 Å². The zero-order chi connectivity index (χ0) is 23.8. The number of hydrogen-bond donors (Lipinski definition) is 4. The molecule has 3 rings (SSSR count). The normalized spacial score (nSPS) is 18.1. The molecule has 1 aliphatic carbocycles. The fourth-order valence-corrected chi connectivity index (χ4v) is 5.11. The first-order valence-corrected chi connectivity index (χ1v) is 13.6. The van der Waals surface area contributed by atoms with Crippen LogP contribution in [0, 0.1) is 0 Å². The van der Waals surface area contributed by atoms with E-state index in [1.807, 2.05) is 6.07 Å². The highest BCUT2D eigenvalue weighted by Crippen LogP contribution is 2.42. The average molecular weight is 477 g/mol. The van der Waals surface area contributed by atoms with Gasteiger partial charge in [-0.25, -0.2) is 8.42 Å². The van der Waals surface area contributed by atoms with Gasteiger partial charge in [-0.15, -0.1) is 0 Å². The molecule has 0 aromatic heterocycles. The zero-order valence-corrected chi connectivity index (χ0v) is 20.1. The molecule has 2 aromatic carbocycles. The van der Waals surface area contributed by atoms with Crippen LogP contribution in [0.4, 0.5) is 0 Å². The third-order valence-electron chi connectivity index (χ3n) is 6.36. The van der Waals surface area contributed by atoms with Crippen molar-refractivity contribution in [3.63, 3.8) is 0 Å². The van der Waals surface area contributed by atoms with Gasteiger partial charge in [-0.1, -0.05) is 25.3 Å². The van der Waals surface area contributed by atoms with Gasteiger partial charge >= 0.3 is 0 Å². The molecule has 7 nitrogen and oxygen atoms in total. The highest BCUT2D eigenvalue weighted by Gasteiger charge is 2.29. The second kappa shape index (κ2) is 11.7. The molecule has 0 spiro atoms. The van der Waals surface area contributed by atoms with E-state index in [-0.39, 0.29) is 23.5 Å². The first kappa shape index (κ1) is 25.3. The van der Waals surface area contributed by atoms with Crippen LogP contribution in [0.3, 0.4) is 0 Å². The molecule has 2 atom stereocenters. The van der Waals surface area contributed by atoms with Gasteiger partial charge in [-0.2, -0.15) is 0 Å². The van der Waals surface area contributed by atoms with Crippen molar-refractivity contribution in [3.05, 3.63) is 47.5 Å². The summed E-state index contributed by atoms with van der Waals surface area (Å²) in [5.41, 5.74) is 8.32. The summed E-state index contributed by atoms with van der Waals surface area (Å²) in [4.78, 5) is 0.292. The number of aromatic hydroxyl groups is 2. The van der Waals surface area contributed by atoms with Gasteiger partial charge in [0, 0.05) is 24.4 Å². The number of hydrogen-bond acceptors (Lipinski definition) is 7. The molecule has 0 heterocycles. The van der Waals surface area contributed by atoms with Gasteiger partial charge in [0.05, 0.1) is 4.90 Å². The number of fused-ring (bicyclic) bond motifs is 1. The molecule has 5 N–H and O–H groups in total. The Labute approximate surface area is 196 Å². The molecule has 1 aliphatic rings. The molecule has 182 valence electrons. The number of sulfone groups is 1. The Balaban J connectivity index is 1.27. The minimum atomic E-state index is -3.18. The quantitative estimate of drug-likeness (QED) is 0.273. The number of ether oxygens (including phenoxy) is 1. The van der Waals surface area contributed by atoms with Crippen LogP contribution in [0.1, 0.15) is 55.6 Å². The van der Waals surface area contributed by atoms with Crippen LogP contribution in [0.5, 0.6) is 17.2 Å². The Kier molecular flexibility index (Phi) is 9.00. The van der Waals surface area contributed by atoms with Gasteiger partial charge in [-0.3, -0.25) is 0 Å². The SMILES string of the molecule is CS(=O)(=O)c1ccc(OCCNCCCCCCC2c3ccc(O)c(O)c3CCC2N)cc1. The molecular formula is C25H36N2O5S. The zero-order valence-electron chi connectivity index (χ0n) is 19.3. The van der Waals surface area contributed by atoms with Crippen molar-refractivity contribution < 1.29 is 23.4 Å². The fraction of sp³-hybridized carbons (Fsp3) is 0.520. The van der Waals surface area contributed by atoms with Crippen LogP contribution in [-0.2, 0) is 16.3 Å². The van der Waals surface area contributed by atoms with E-state index in [9.17, 15) is 18.6 Å². The minimum absolute atomic E-state index is 0.0189. The van der Waals surface area contributed by atoms with E-state index in [4.69, 9.17) is 10.5 Å². The summed E-state index contributed by atoms with van der Waals surface area (Å²) in [7, 11) is -3.18. The lowest BCUT2D eigenvalue weighted by Gasteiger charge is -2.32. The van der Waals surface area contributed by atoms with Gasteiger partial charge in [0.15, 0.2) is 21.3 Å². The van der Waals surface area contributed by atoms with Crippen molar-refractivity contribution in [2.24, 2.45) is 5.73 Å². The van der Waals surface area contributed by atoms with Crippen LogP contribution in [0.2, 0.25) is 0 Å². The van der Waals surface area contributed by atoms with E-state index >= 15 is 0 Å². The molecule has 0 saturated heterocycles. The summed E-state index contributed by atoms with van der Waals surface area (Å²) in [5, 5.41) is 23.3. The fourth-order valence-electron chi connectivity index (χ4n) is 4.48. The molecule has 0 amide bonds. The maximum atomic E-state index is 11.5. The summed E-state index contributed by atoms with van der Waals surface area (Å²) in [6.45, 7) is 2.19. The standard InChI is InChI=1S/C25H36N2O5S/c1-33(30,31)19-9-7-18(8-10-19)32-17-16-27-15-5-3-2-4-6-21-20-12-14-24(28)25(29)22(20)11-13-23(21)26/h7-10,12,14,21,23,27-29H,2-6,11,13,15-17,26H2,1H3.